The summed E-state index contributed by atoms with van der Waals surface area (Å²) in [5, 5.41) is 11.4. The first-order chi connectivity index (χ1) is 18.4. The number of ether oxygens (including phenoxy) is 2. The van der Waals surface area contributed by atoms with Crippen LogP contribution in [0.3, 0.4) is 0 Å². The van der Waals surface area contributed by atoms with Gasteiger partial charge in [0.1, 0.15) is 29.6 Å². The number of aromatic nitrogens is 3. The van der Waals surface area contributed by atoms with Crippen LogP contribution in [-0.2, 0) is 16.1 Å². The number of carbonyl (C=O) groups is 2. The van der Waals surface area contributed by atoms with Crippen LogP contribution in [-0.4, -0.2) is 47.6 Å². The van der Waals surface area contributed by atoms with Gasteiger partial charge in [0.2, 0.25) is 11.8 Å². The van der Waals surface area contributed by atoms with E-state index in [9.17, 15) is 9.59 Å². The maximum atomic E-state index is 14.1. The number of fused-ring (bicyclic) bond motifs is 1. The van der Waals surface area contributed by atoms with E-state index >= 15 is 0 Å². The zero-order valence-electron chi connectivity index (χ0n) is 22.1. The highest BCUT2D eigenvalue weighted by atomic mass is 16.5. The average Bonchev–Trinajstić information content (AvgIpc) is 3.34. The van der Waals surface area contributed by atoms with E-state index in [-0.39, 0.29) is 18.4 Å². The van der Waals surface area contributed by atoms with Crippen LogP contribution in [0.15, 0.2) is 72.8 Å². The second kappa shape index (κ2) is 12.2. The summed E-state index contributed by atoms with van der Waals surface area (Å²) in [5.74, 6) is 1.05. The zero-order chi connectivity index (χ0) is 27.1. The fourth-order valence-corrected chi connectivity index (χ4v) is 4.23. The lowest BCUT2D eigenvalue weighted by molar-refractivity contribution is -0.127. The van der Waals surface area contributed by atoms with Crippen molar-refractivity contribution in [3.8, 4) is 11.5 Å². The highest BCUT2D eigenvalue weighted by Gasteiger charge is 2.33. The smallest absolute Gasteiger partial charge is 0.249 e. The largest absolute Gasteiger partial charge is 0.497 e. The molecule has 1 N–H and O–H groups in total. The Hall–Kier alpha value is -4.40. The molecule has 0 radical (unpaired) electrons. The lowest BCUT2D eigenvalue weighted by Crippen LogP contribution is -2.45. The third-order valence-electron chi connectivity index (χ3n) is 6.26. The quantitative estimate of drug-likeness (QED) is 0.318. The molecule has 0 aliphatic rings. The number of nitrogens with zero attached hydrogens (tertiary/aromatic N) is 4. The molecule has 3 aromatic carbocycles. The number of methoxy groups -OCH3 is 2. The normalized spacial score (nSPS) is 11.8. The minimum atomic E-state index is -0.951. The number of hydrogen-bond acceptors (Lipinski definition) is 6. The van der Waals surface area contributed by atoms with Crippen LogP contribution in [0.1, 0.15) is 31.9 Å². The second-order valence-electron chi connectivity index (χ2n) is 9.35. The molecule has 0 bridgehead atoms. The van der Waals surface area contributed by atoms with Gasteiger partial charge in [0, 0.05) is 12.2 Å². The molecule has 1 heterocycles. The summed E-state index contributed by atoms with van der Waals surface area (Å²) >= 11 is 0. The van der Waals surface area contributed by atoms with Gasteiger partial charge in [-0.3, -0.25) is 14.5 Å². The van der Waals surface area contributed by atoms with Crippen LogP contribution in [0, 0.1) is 5.92 Å². The molecule has 9 heteroatoms. The first-order valence-corrected chi connectivity index (χ1v) is 12.6. The molecule has 198 valence electrons. The molecule has 9 nitrogen and oxygen atoms in total. The Labute approximate surface area is 222 Å². The Bertz CT molecular complexity index is 1380. The number of carbonyl (C=O) groups excluding carboxylic acids is 2. The number of rotatable bonds is 11. The van der Waals surface area contributed by atoms with Gasteiger partial charge in [0.05, 0.1) is 19.7 Å². The molecule has 0 spiro atoms. The minimum absolute atomic E-state index is 0.105. The zero-order valence-corrected chi connectivity index (χ0v) is 22.1. The van der Waals surface area contributed by atoms with Gasteiger partial charge >= 0.3 is 0 Å². The summed E-state index contributed by atoms with van der Waals surface area (Å²) in [6.45, 7) is 4.59. The second-order valence-corrected chi connectivity index (χ2v) is 9.35. The molecule has 38 heavy (non-hydrogen) atoms. The third kappa shape index (κ3) is 6.11. The average molecular weight is 516 g/mol. The molecular weight excluding hydrogens is 482 g/mol. The van der Waals surface area contributed by atoms with Crippen LogP contribution in [0.25, 0.3) is 11.0 Å². The highest BCUT2D eigenvalue weighted by molar-refractivity contribution is 6.01. The molecule has 4 aromatic rings. The van der Waals surface area contributed by atoms with Crippen molar-refractivity contribution in [2.45, 2.75) is 32.9 Å². The van der Waals surface area contributed by atoms with E-state index in [0.29, 0.717) is 40.7 Å². The van der Waals surface area contributed by atoms with Crippen molar-refractivity contribution in [2.75, 3.05) is 25.7 Å². The lowest BCUT2D eigenvalue weighted by atomic mass is 10.0. The Balaban J connectivity index is 1.78. The third-order valence-corrected chi connectivity index (χ3v) is 6.26. The van der Waals surface area contributed by atoms with Crippen molar-refractivity contribution in [2.24, 2.45) is 5.92 Å². The summed E-state index contributed by atoms with van der Waals surface area (Å²) in [4.78, 5) is 29.3. The summed E-state index contributed by atoms with van der Waals surface area (Å²) in [6, 6.07) is 20.8. The van der Waals surface area contributed by atoms with E-state index in [0.717, 1.165) is 11.9 Å². The van der Waals surface area contributed by atoms with Gasteiger partial charge in [-0.25, -0.2) is 4.68 Å². The number of benzene rings is 3. The molecular formula is C29H33N5O4. The number of para-hydroxylation sites is 1. The monoisotopic (exact) mass is 515 g/mol. The van der Waals surface area contributed by atoms with Gasteiger partial charge in [-0.2, -0.15) is 0 Å². The first-order valence-electron chi connectivity index (χ1n) is 12.6. The Morgan fingerprint density at radius 2 is 1.68 bits per heavy atom. The molecule has 1 aromatic heterocycles. The van der Waals surface area contributed by atoms with Gasteiger partial charge in [-0.05, 0) is 66.4 Å². The summed E-state index contributed by atoms with van der Waals surface area (Å²) < 4.78 is 12.3. The van der Waals surface area contributed by atoms with Crippen LogP contribution < -0.4 is 19.7 Å². The summed E-state index contributed by atoms with van der Waals surface area (Å²) in [5.41, 5.74) is 2.59. The van der Waals surface area contributed by atoms with Gasteiger partial charge in [0.25, 0.3) is 0 Å². The van der Waals surface area contributed by atoms with Crippen molar-refractivity contribution in [1.82, 2.24) is 20.3 Å². The van der Waals surface area contributed by atoms with E-state index in [2.05, 4.69) is 29.5 Å². The van der Waals surface area contributed by atoms with Gasteiger partial charge in [0.15, 0.2) is 0 Å². The first kappa shape index (κ1) is 26.7. The van der Waals surface area contributed by atoms with Crippen LogP contribution in [0.5, 0.6) is 11.5 Å². The number of anilines is 1. The molecule has 1 atom stereocenters. The van der Waals surface area contributed by atoms with Crippen molar-refractivity contribution in [3.63, 3.8) is 0 Å². The van der Waals surface area contributed by atoms with Gasteiger partial charge in [-0.1, -0.05) is 43.3 Å². The van der Waals surface area contributed by atoms with Crippen molar-refractivity contribution in [3.05, 3.63) is 78.4 Å². The highest BCUT2D eigenvalue weighted by Crippen LogP contribution is 2.31. The summed E-state index contributed by atoms with van der Waals surface area (Å²) in [7, 11) is 3.15. The molecule has 0 unspecified atom stereocenters. The van der Waals surface area contributed by atoms with Crippen molar-refractivity contribution >= 4 is 28.5 Å². The van der Waals surface area contributed by atoms with Crippen LogP contribution in [0.4, 0.5) is 5.69 Å². The van der Waals surface area contributed by atoms with E-state index < -0.39 is 6.04 Å². The molecule has 0 saturated carbocycles. The fraction of sp³-hybridized carbons (Fsp3) is 0.310. The Morgan fingerprint density at radius 1 is 0.947 bits per heavy atom. The van der Waals surface area contributed by atoms with Crippen LogP contribution >= 0.6 is 0 Å². The van der Waals surface area contributed by atoms with Crippen LogP contribution in [0.2, 0.25) is 0 Å². The topological polar surface area (TPSA) is 98.6 Å². The number of amides is 2. The predicted octanol–water partition coefficient (Wildman–Crippen LogP) is 4.39. The molecule has 0 fully saturated rings. The standard InChI is InChI=1S/C29H33N5O4/c1-20(2)16-17-30-29(36)28(21-8-7-9-24(18-21)38-4)34(22-12-14-23(37-3)15-13-22)27(35)19-33-26-11-6-5-10-25(26)31-32-33/h5-15,18,20,28H,16-17,19H2,1-4H3,(H,30,36)/t28-/m1/s1. The predicted molar refractivity (Wildman–Crippen MR) is 146 cm³/mol. The van der Waals surface area contributed by atoms with Crippen molar-refractivity contribution in [1.29, 1.82) is 0 Å². The molecule has 0 aliphatic heterocycles. The fourth-order valence-electron chi connectivity index (χ4n) is 4.23. The maximum absolute atomic E-state index is 14.1. The lowest BCUT2D eigenvalue weighted by Gasteiger charge is -2.32. The molecule has 2 amide bonds. The van der Waals surface area contributed by atoms with Gasteiger partial charge < -0.3 is 14.8 Å². The van der Waals surface area contributed by atoms with E-state index in [1.54, 1.807) is 55.3 Å². The van der Waals surface area contributed by atoms with Crippen molar-refractivity contribution < 1.29 is 19.1 Å². The molecule has 0 saturated heterocycles. The summed E-state index contributed by atoms with van der Waals surface area (Å²) in [6.07, 6.45) is 0.817. The molecule has 0 aliphatic carbocycles. The minimum Gasteiger partial charge on any atom is -0.497 e. The number of nitrogens with one attached hydrogen (secondary N) is 1. The van der Waals surface area contributed by atoms with E-state index in [1.165, 1.54) is 4.90 Å². The number of hydrogen-bond donors (Lipinski definition) is 1. The van der Waals surface area contributed by atoms with E-state index in [1.807, 2.05) is 36.4 Å². The SMILES string of the molecule is COc1ccc(N(C(=O)Cn2nnc3ccccc32)[C@@H](C(=O)NCCC(C)C)c2cccc(OC)c2)cc1. The maximum Gasteiger partial charge on any atom is 0.249 e. The Kier molecular flexibility index (Phi) is 8.58. The molecule has 4 rings (SSSR count). The van der Waals surface area contributed by atoms with Gasteiger partial charge in [-0.15, -0.1) is 5.10 Å². The Morgan fingerprint density at radius 3 is 2.39 bits per heavy atom. The van der Waals surface area contributed by atoms with E-state index in [4.69, 9.17) is 9.47 Å².